The Morgan fingerprint density at radius 1 is 1.50 bits per heavy atom. The minimum Gasteiger partial charge on any atom is -0.331 e. The minimum absolute atomic E-state index is 0.123. The van der Waals surface area contributed by atoms with Gasteiger partial charge in [-0.05, 0) is 12.8 Å². The molecule has 1 heterocycles. The molecule has 0 atom stereocenters. The number of likely N-dealkylation sites (tertiary alicyclic amines) is 1. The summed E-state index contributed by atoms with van der Waals surface area (Å²) in [6.07, 6.45) is 7.27. The van der Waals surface area contributed by atoms with Crippen molar-refractivity contribution in [3.63, 3.8) is 0 Å². The van der Waals surface area contributed by atoms with Gasteiger partial charge in [-0.15, -0.1) is 18.2 Å². The van der Waals surface area contributed by atoms with Gasteiger partial charge in [-0.25, -0.2) is 4.79 Å². The van der Waals surface area contributed by atoms with Crippen LogP contribution in [0.3, 0.4) is 0 Å². The van der Waals surface area contributed by atoms with Crippen LogP contribution in [0, 0.1) is 12.3 Å². The van der Waals surface area contributed by atoms with Gasteiger partial charge in [-0.2, -0.15) is 0 Å². The third-order valence-corrected chi connectivity index (χ3v) is 3.88. The molecule has 0 aromatic heterocycles. The van der Waals surface area contributed by atoms with Gasteiger partial charge in [-0.1, -0.05) is 5.92 Å². The Morgan fingerprint density at radius 2 is 2.17 bits per heavy atom. The van der Waals surface area contributed by atoms with Gasteiger partial charge in [0.1, 0.15) is 0 Å². The molecule has 4 nitrogen and oxygen atoms in total. The van der Waals surface area contributed by atoms with Crippen molar-refractivity contribution < 1.29 is 4.79 Å². The molecule has 5 heteroatoms. The number of nitrogens with zero attached hydrogens (tertiary/aromatic N) is 2. The van der Waals surface area contributed by atoms with E-state index < -0.39 is 0 Å². The van der Waals surface area contributed by atoms with E-state index in [-0.39, 0.29) is 6.03 Å². The molecule has 1 saturated heterocycles. The number of nitrogens with one attached hydrogen (secondary N) is 1. The van der Waals surface area contributed by atoms with Crippen LogP contribution in [0.4, 0.5) is 4.79 Å². The standard InChI is InChI=1S/C13H23N3OS/c1-4-10-18-11-7-14-12-5-8-16(9-6-12)13(17)15(2)3/h1,12,14H,5-11H2,2-3H3. The molecule has 0 saturated carbocycles. The third-order valence-electron chi connectivity index (χ3n) is 3.01. The van der Waals surface area contributed by atoms with Crippen molar-refractivity contribution in [3.8, 4) is 12.3 Å². The van der Waals surface area contributed by atoms with Crippen LogP contribution in [0.1, 0.15) is 12.8 Å². The lowest BCUT2D eigenvalue weighted by Crippen LogP contribution is -2.48. The van der Waals surface area contributed by atoms with E-state index in [4.69, 9.17) is 6.42 Å². The summed E-state index contributed by atoms with van der Waals surface area (Å²) in [4.78, 5) is 15.3. The average molecular weight is 269 g/mol. The van der Waals surface area contributed by atoms with Crippen LogP contribution < -0.4 is 5.32 Å². The maximum Gasteiger partial charge on any atom is 0.319 e. The van der Waals surface area contributed by atoms with Crippen molar-refractivity contribution in [3.05, 3.63) is 0 Å². The molecular formula is C13H23N3OS. The fraction of sp³-hybridized carbons (Fsp3) is 0.769. The van der Waals surface area contributed by atoms with E-state index in [0.29, 0.717) is 6.04 Å². The van der Waals surface area contributed by atoms with Crippen LogP contribution in [-0.2, 0) is 0 Å². The zero-order valence-electron chi connectivity index (χ0n) is 11.3. The van der Waals surface area contributed by atoms with Gasteiger partial charge in [0.15, 0.2) is 0 Å². The molecule has 0 radical (unpaired) electrons. The van der Waals surface area contributed by atoms with Crippen molar-refractivity contribution in [2.75, 3.05) is 45.2 Å². The van der Waals surface area contributed by atoms with E-state index in [1.165, 1.54) is 0 Å². The number of rotatable bonds is 5. The first kappa shape index (κ1) is 15.2. The van der Waals surface area contributed by atoms with Crippen molar-refractivity contribution in [2.45, 2.75) is 18.9 Å². The minimum atomic E-state index is 0.123. The molecule has 0 aromatic rings. The number of hydrogen-bond donors (Lipinski definition) is 1. The van der Waals surface area contributed by atoms with Gasteiger partial charge < -0.3 is 15.1 Å². The summed E-state index contributed by atoms with van der Waals surface area (Å²) < 4.78 is 0. The van der Waals surface area contributed by atoms with Crippen molar-refractivity contribution in [1.29, 1.82) is 0 Å². The van der Waals surface area contributed by atoms with Gasteiger partial charge in [0, 0.05) is 45.5 Å². The summed E-state index contributed by atoms with van der Waals surface area (Å²) in [6.45, 7) is 2.71. The fourth-order valence-electron chi connectivity index (χ4n) is 2.02. The molecule has 0 aliphatic carbocycles. The molecule has 0 bridgehead atoms. The average Bonchev–Trinajstić information content (AvgIpc) is 2.38. The molecule has 1 fully saturated rings. The second kappa shape index (κ2) is 8.28. The first-order valence-electron chi connectivity index (χ1n) is 6.36. The van der Waals surface area contributed by atoms with Crippen LogP contribution in [0.2, 0.25) is 0 Å². The van der Waals surface area contributed by atoms with Crippen LogP contribution in [0.5, 0.6) is 0 Å². The topological polar surface area (TPSA) is 35.6 Å². The first-order valence-corrected chi connectivity index (χ1v) is 7.51. The SMILES string of the molecule is C#CCSCCNC1CCN(C(=O)N(C)C)CC1. The van der Waals surface area contributed by atoms with Gasteiger partial charge in [-0.3, -0.25) is 0 Å². The second-order valence-corrected chi connectivity index (χ2v) is 5.75. The van der Waals surface area contributed by atoms with E-state index in [9.17, 15) is 4.79 Å². The molecule has 2 amide bonds. The summed E-state index contributed by atoms with van der Waals surface area (Å²) in [6, 6.07) is 0.667. The monoisotopic (exact) mass is 269 g/mol. The zero-order chi connectivity index (χ0) is 13.4. The first-order chi connectivity index (χ1) is 8.65. The third kappa shape index (κ3) is 5.19. The summed E-state index contributed by atoms with van der Waals surface area (Å²) in [5.41, 5.74) is 0. The molecule has 1 rings (SSSR count). The van der Waals surface area contributed by atoms with Crippen LogP contribution in [0.15, 0.2) is 0 Å². The summed E-state index contributed by atoms with van der Waals surface area (Å²) in [7, 11) is 3.60. The quantitative estimate of drug-likeness (QED) is 0.599. The van der Waals surface area contributed by atoms with E-state index in [1.807, 2.05) is 4.90 Å². The second-order valence-electron chi connectivity index (χ2n) is 4.65. The van der Waals surface area contributed by atoms with Crippen LogP contribution in [-0.4, -0.2) is 67.1 Å². The Hall–Kier alpha value is -0.860. The maximum atomic E-state index is 11.7. The smallest absolute Gasteiger partial charge is 0.319 e. The van der Waals surface area contributed by atoms with Crippen molar-refractivity contribution >= 4 is 17.8 Å². The number of thioether (sulfide) groups is 1. The predicted molar refractivity (Wildman–Crippen MR) is 77.8 cm³/mol. The van der Waals surface area contributed by atoms with Crippen molar-refractivity contribution in [2.24, 2.45) is 0 Å². The van der Waals surface area contributed by atoms with E-state index in [2.05, 4.69) is 11.2 Å². The summed E-state index contributed by atoms with van der Waals surface area (Å²) >= 11 is 1.78. The molecular weight excluding hydrogens is 246 g/mol. The number of piperidine rings is 1. The Morgan fingerprint density at radius 3 is 2.72 bits per heavy atom. The lowest BCUT2D eigenvalue weighted by atomic mass is 10.1. The molecule has 18 heavy (non-hydrogen) atoms. The predicted octanol–water partition coefficient (Wildman–Crippen LogP) is 1.09. The molecule has 1 aliphatic rings. The van der Waals surface area contributed by atoms with Crippen LogP contribution >= 0.6 is 11.8 Å². The lowest BCUT2D eigenvalue weighted by molar-refractivity contribution is 0.153. The zero-order valence-corrected chi connectivity index (χ0v) is 12.1. The molecule has 0 spiro atoms. The number of carbonyl (C=O) groups excluding carboxylic acids is 1. The van der Waals surface area contributed by atoms with Crippen molar-refractivity contribution in [1.82, 2.24) is 15.1 Å². The van der Waals surface area contributed by atoms with E-state index >= 15 is 0 Å². The molecule has 0 aromatic carbocycles. The Bertz CT molecular complexity index is 293. The number of amides is 2. The Balaban J connectivity index is 2.12. The highest BCUT2D eigenvalue weighted by Gasteiger charge is 2.22. The van der Waals surface area contributed by atoms with Crippen LogP contribution in [0.25, 0.3) is 0 Å². The summed E-state index contributed by atoms with van der Waals surface area (Å²) in [5.74, 6) is 4.47. The summed E-state index contributed by atoms with van der Waals surface area (Å²) in [5, 5.41) is 3.53. The van der Waals surface area contributed by atoms with Gasteiger partial charge in [0.2, 0.25) is 0 Å². The molecule has 1 N–H and O–H groups in total. The highest BCUT2D eigenvalue weighted by molar-refractivity contribution is 7.99. The highest BCUT2D eigenvalue weighted by Crippen LogP contribution is 2.11. The number of carbonyl (C=O) groups is 1. The van der Waals surface area contributed by atoms with E-state index in [1.54, 1.807) is 30.8 Å². The maximum absolute atomic E-state index is 11.7. The fourth-order valence-corrected chi connectivity index (χ4v) is 2.55. The van der Waals surface area contributed by atoms with Gasteiger partial charge in [0.25, 0.3) is 0 Å². The normalized spacial score (nSPS) is 16.4. The lowest BCUT2D eigenvalue weighted by Gasteiger charge is -2.34. The van der Waals surface area contributed by atoms with Gasteiger partial charge in [0.05, 0.1) is 5.75 Å². The van der Waals surface area contributed by atoms with E-state index in [0.717, 1.165) is 44.0 Å². The molecule has 1 aliphatic heterocycles. The largest absolute Gasteiger partial charge is 0.331 e. The van der Waals surface area contributed by atoms with Gasteiger partial charge >= 0.3 is 6.03 Å². The number of urea groups is 1. The highest BCUT2D eigenvalue weighted by atomic mass is 32.2. The number of hydrogen-bond acceptors (Lipinski definition) is 3. The molecule has 0 unspecified atom stereocenters. The number of terminal acetylenes is 1. The molecule has 102 valence electrons. The Kier molecular flexibility index (Phi) is 6.99. The Labute approximate surface area is 114 Å².